The third-order valence-electron chi connectivity index (χ3n) is 5.19. The van der Waals surface area contributed by atoms with Gasteiger partial charge in [0.15, 0.2) is 0 Å². The van der Waals surface area contributed by atoms with Crippen molar-refractivity contribution in [3.05, 3.63) is 29.8 Å². The number of rotatable bonds is 1. The van der Waals surface area contributed by atoms with Crippen LogP contribution >= 0.6 is 0 Å². The standard InChI is InChI=1S/C16H14F3NO3/c1-15-6-5-10(23-15)11-12(15)14(22)20(13(11)21)9-4-2-3-8(7-9)16(17,18)19/h2-4,7,10-12H,5-6H2,1H3/t10-,11-,12+,15+/m1/s1. The molecule has 0 aliphatic carbocycles. The summed E-state index contributed by atoms with van der Waals surface area (Å²) >= 11 is 0. The van der Waals surface area contributed by atoms with E-state index < -0.39 is 41.0 Å². The number of carbonyl (C=O) groups excluding carboxylic acids is 2. The first-order chi connectivity index (χ1) is 10.7. The highest BCUT2D eigenvalue weighted by Crippen LogP contribution is 2.55. The Hall–Kier alpha value is -1.89. The van der Waals surface area contributed by atoms with Crippen LogP contribution in [0.2, 0.25) is 0 Å². The highest BCUT2D eigenvalue weighted by molar-refractivity contribution is 6.23. The maximum Gasteiger partial charge on any atom is 0.416 e. The molecule has 7 heteroatoms. The van der Waals surface area contributed by atoms with Crippen molar-refractivity contribution in [3.8, 4) is 0 Å². The first-order valence-electron chi connectivity index (χ1n) is 7.45. The summed E-state index contributed by atoms with van der Waals surface area (Å²) in [5, 5.41) is 0. The number of carbonyl (C=O) groups is 2. The molecule has 3 aliphatic heterocycles. The minimum Gasteiger partial charge on any atom is -0.370 e. The Morgan fingerprint density at radius 1 is 1.26 bits per heavy atom. The van der Waals surface area contributed by atoms with Gasteiger partial charge in [-0.05, 0) is 38.0 Å². The second kappa shape index (κ2) is 4.35. The molecule has 0 unspecified atom stereocenters. The van der Waals surface area contributed by atoms with Crippen LogP contribution in [0.15, 0.2) is 24.3 Å². The third-order valence-corrected chi connectivity index (χ3v) is 5.19. The Balaban J connectivity index is 1.74. The van der Waals surface area contributed by atoms with E-state index in [1.54, 1.807) is 6.92 Å². The molecule has 4 rings (SSSR count). The van der Waals surface area contributed by atoms with Crippen molar-refractivity contribution in [1.82, 2.24) is 0 Å². The van der Waals surface area contributed by atoms with Crippen molar-refractivity contribution in [2.45, 2.75) is 37.6 Å². The number of anilines is 1. The number of amides is 2. The van der Waals surface area contributed by atoms with Gasteiger partial charge in [0.1, 0.15) is 0 Å². The molecule has 3 fully saturated rings. The van der Waals surface area contributed by atoms with E-state index in [4.69, 9.17) is 4.74 Å². The summed E-state index contributed by atoms with van der Waals surface area (Å²) in [6.45, 7) is 1.80. The number of imide groups is 1. The van der Waals surface area contributed by atoms with Gasteiger partial charge in [-0.3, -0.25) is 9.59 Å². The summed E-state index contributed by atoms with van der Waals surface area (Å²) in [7, 11) is 0. The van der Waals surface area contributed by atoms with Crippen LogP contribution in [0.3, 0.4) is 0 Å². The molecule has 2 amide bonds. The molecule has 23 heavy (non-hydrogen) atoms. The molecular weight excluding hydrogens is 311 g/mol. The number of hydrogen-bond donors (Lipinski definition) is 0. The Kier molecular flexibility index (Phi) is 2.77. The van der Waals surface area contributed by atoms with Crippen molar-refractivity contribution < 1.29 is 27.5 Å². The van der Waals surface area contributed by atoms with E-state index in [9.17, 15) is 22.8 Å². The molecule has 0 aromatic heterocycles. The fourth-order valence-corrected chi connectivity index (χ4v) is 4.16. The molecule has 3 aliphatic rings. The summed E-state index contributed by atoms with van der Waals surface area (Å²) in [4.78, 5) is 26.2. The molecule has 0 spiro atoms. The van der Waals surface area contributed by atoms with E-state index in [2.05, 4.69) is 0 Å². The van der Waals surface area contributed by atoms with Gasteiger partial charge in [0.2, 0.25) is 11.8 Å². The lowest BCUT2D eigenvalue weighted by molar-refractivity contribution is -0.137. The molecule has 4 nitrogen and oxygen atoms in total. The molecule has 122 valence electrons. The zero-order valence-electron chi connectivity index (χ0n) is 12.3. The molecule has 1 aromatic rings. The van der Waals surface area contributed by atoms with E-state index in [0.29, 0.717) is 12.8 Å². The first-order valence-corrected chi connectivity index (χ1v) is 7.45. The van der Waals surface area contributed by atoms with E-state index in [-0.39, 0.29) is 11.8 Å². The molecule has 2 bridgehead atoms. The predicted molar refractivity (Wildman–Crippen MR) is 73.4 cm³/mol. The van der Waals surface area contributed by atoms with Crippen LogP contribution in [-0.2, 0) is 20.5 Å². The van der Waals surface area contributed by atoms with Crippen molar-refractivity contribution in [3.63, 3.8) is 0 Å². The average Bonchev–Trinajstić information content (AvgIpc) is 3.07. The number of alkyl halides is 3. The second-order valence-electron chi connectivity index (χ2n) is 6.57. The highest BCUT2D eigenvalue weighted by Gasteiger charge is 2.67. The maximum absolute atomic E-state index is 12.9. The largest absolute Gasteiger partial charge is 0.416 e. The topological polar surface area (TPSA) is 46.6 Å². The Morgan fingerprint density at radius 3 is 2.65 bits per heavy atom. The predicted octanol–water partition coefficient (Wildman–Crippen LogP) is 2.76. The summed E-state index contributed by atoms with van der Waals surface area (Å²) in [5.74, 6) is -2.07. The Morgan fingerprint density at radius 2 is 2.00 bits per heavy atom. The third kappa shape index (κ3) is 1.89. The number of ether oxygens (including phenoxy) is 1. The number of nitrogens with zero attached hydrogens (tertiary/aromatic N) is 1. The number of benzene rings is 1. The van der Waals surface area contributed by atoms with Crippen molar-refractivity contribution in [1.29, 1.82) is 0 Å². The van der Waals surface area contributed by atoms with Gasteiger partial charge in [-0.2, -0.15) is 13.2 Å². The van der Waals surface area contributed by atoms with E-state index in [1.807, 2.05) is 0 Å². The minimum atomic E-state index is -4.52. The van der Waals surface area contributed by atoms with Gasteiger partial charge >= 0.3 is 6.18 Å². The molecule has 0 N–H and O–H groups in total. The molecule has 3 saturated heterocycles. The van der Waals surface area contributed by atoms with E-state index >= 15 is 0 Å². The molecule has 4 atom stereocenters. The lowest BCUT2D eigenvalue weighted by Gasteiger charge is -2.26. The SMILES string of the molecule is C[C@@]12CC[C@@H](O1)[C@H]1C(=O)N(c3cccc(C(F)(F)F)c3)C(=O)[C@H]12. The van der Waals surface area contributed by atoms with Crippen LogP contribution < -0.4 is 4.90 Å². The molecule has 1 aromatic carbocycles. The van der Waals surface area contributed by atoms with Crippen molar-refractivity contribution in [2.24, 2.45) is 11.8 Å². The second-order valence-corrected chi connectivity index (χ2v) is 6.57. The lowest BCUT2D eigenvalue weighted by Crippen LogP contribution is -2.39. The zero-order chi connectivity index (χ0) is 16.6. The normalized spacial score (nSPS) is 36.0. The van der Waals surface area contributed by atoms with Gasteiger partial charge in [-0.25, -0.2) is 4.90 Å². The monoisotopic (exact) mass is 325 g/mol. The van der Waals surface area contributed by atoms with Gasteiger partial charge in [-0.1, -0.05) is 6.07 Å². The van der Waals surface area contributed by atoms with Crippen LogP contribution in [0.5, 0.6) is 0 Å². The molecule has 3 heterocycles. The first kappa shape index (κ1) is 14.7. The number of fused-ring (bicyclic) bond motifs is 5. The van der Waals surface area contributed by atoms with Crippen LogP contribution in [0.25, 0.3) is 0 Å². The van der Waals surface area contributed by atoms with Gasteiger partial charge in [0, 0.05) is 0 Å². The highest BCUT2D eigenvalue weighted by atomic mass is 19.4. The summed E-state index contributed by atoms with van der Waals surface area (Å²) < 4.78 is 44.4. The maximum atomic E-state index is 12.9. The quantitative estimate of drug-likeness (QED) is 0.746. The fourth-order valence-electron chi connectivity index (χ4n) is 4.16. The van der Waals surface area contributed by atoms with Gasteiger partial charge in [0.25, 0.3) is 0 Å². The van der Waals surface area contributed by atoms with Crippen molar-refractivity contribution in [2.75, 3.05) is 4.90 Å². The molecular formula is C16H14F3NO3. The fraction of sp³-hybridized carbons (Fsp3) is 0.500. The van der Waals surface area contributed by atoms with Gasteiger partial charge in [0.05, 0.1) is 34.8 Å². The van der Waals surface area contributed by atoms with Gasteiger partial charge in [-0.15, -0.1) is 0 Å². The van der Waals surface area contributed by atoms with Gasteiger partial charge < -0.3 is 4.74 Å². The zero-order valence-corrected chi connectivity index (χ0v) is 12.3. The lowest BCUT2D eigenvalue weighted by atomic mass is 9.74. The van der Waals surface area contributed by atoms with E-state index in [0.717, 1.165) is 17.0 Å². The van der Waals surface area contributed by atoms with Crippen LogP contribution in [0.1, 0.15) is 25.3 Å². The van der Waals surface area contributed by atoms with Crippen LogP contribution in [-0.4, -0.2) is 23.5 Å². The molecule has 0 saturated carbocycles. The Labute approximate surface area is 130 Å². The number of halogens is 3. The van der Waals surface area contributed by atoms with Crippen molar-refractivity contribution >= 4 is 17.5 Å². The molecule has 0 radical (unpaired) electrons. The minimum absolute atomic E-state index is 0.0211. The van der Waals surface area contributed by atoms with E-state index in [1.165, 1.54) is 12.1 Å². The number of hydrogen-bond acceptors (Lipinski definition) is 3. The van der Waals surface area contributed by atoms with Crippen LogP contribution in [0.4, 0.5) is 18.9 Å². The average molecular weight is 325 g/mol. The summed E-state index contributed by atoms with van der Waals surface area (Å²) in [6.07, 6.45) is -3.44. The summed E-state index contributed by atoms with van der Waals surface area (Å²) in [6, 6.07) is 4.34. The Bertz CT molecular complexity index is 717. The van der Waals surface area contributed by atoms with Crippen LogP contribution in [0, 0.1) is 11.8 Å². The smallest absolute Gasteiger partial charge is 0.370 e. The summed E-state index contributed by atoms with van der Waals surface area (Å²) in [5.41, 5.74) is -1.58.